The molecule has 0 unspecified atom stereocenters. The molecule has 11 heteroatoms. The van der Waals surface area contributed by atoms with E-state index in [0.29, 0.717) is 37.1 Å². The molecule has 9 nitrogen and oxygen atoms in total. The highest BCUT2D eigenvalue weighted by atomic mass is 32.1. The molecule has 1 fully saturated rings. The highest BCUT2D eigenvalue weighted by Crippen LogP contribution is 2.30. The average molecular weight is 444 g/mol. The third-order valence-corrected chi connectivity index (χ3v) is 5.68. The number of anilines is 2. The number of nitro benzene ring substituents is 1. The number of thiazole rings is 1. The maximum absolute atomic E-state index is 12.6. The van der Waals surface area contributed by atoms with Crippen LogP contribution in [-0.2, 0) is 4.74 Å². The van der Waals surface area contributed by atoms with Crippen molar-refractivity contribution in [3.05, 3.63) is 58.1 Å². The van der Waals surface area contributed by atoms with Gasteiger partial charge < -0.3 is 15.0 Å². The van der Waals surface area contributed by atoms with Crippen LogP contribution in [0.25, 0.3) is 10.2 Å². The van der Waals surface area contributed by atoms with Gasteiger partial charge >= 0.3 is 0 Å². The highest BCUT2D eigenvalue weighted by Gasteiger charge is 2.23. The average Bonchev–Trinajstić information content (AvgIpc) is 3.15. The molecule has 0 radical (unpaired) electrons. The number of thiocarbonyl (C=S) groups is 1. The third kappa shape index (κ3) is 4.37. The molecular formula is C19H17N5O4S2. The number of nitrogens with zero attached hydrogens (tertiary/aromatic N) is 3. The van der Waals surface area contributed by atoms with Crippen molar-refractivity contribution < 1.29 is 14.5 Å². The first-order valence-electron chi connectivity index (χ1n) is 9.10. The molecule has 154 valence electrons. The standard InChI is InChI=1S/C19H17N5O4S2/c25-17(21-18(29)22-19-20-13-3-1-2-4-16(13)30-19)12-5-6-14(15(11-12)24(26)27)23-7-9-28-10-8-23/h1-6,11H,7-10H2,(H2,20,21,22,25,29). The lowest BCUT2D eigenvalue weighted by molar-refractivity contribution is -0.384. The van der Waals surface area contributed by atoms with Crippen molar-refractivity contribution in [1.82, 2.24) is 10.3 Å². The molecule has 3 aromatic rings. The number of para-hydroxylation sites is 1. The van der Waals surface area contributed by atoms with E-state index >= 15 is 0 Å². The van der Waals surface area contributed by atoms with Crippen LogP contribution in [0.3, 0.4) is 0 Å². The first-order valence-corrected chi connectivity index (χ1v) is 10.3. The van der Waals surface area contributed by atoms with Gasteiger partial charge in [-0.1, -0.05) is 23.5 Å². The van der Waals surface area contributed by atoms with Gasteiger partial charge in [-0.15, -0.1) is 0 Å². The Morgan fingerprint density at radius 2 is 2.00 bits per heavy atom. The van der Waals surface area contributed by atoms with Crippen LogP contribution in [0.2, 0.25) is 0 Å². The van der Waals surface area contributed by atoms with Gasteiger partial charge in [0.1, 0.15) is 5.69 Å². The van der Waals surface area contributed by atoms with Gasteiger partial charge in [0.05, 0.1) is 28.4 Å². The second kappa shape index (κ2) is 8.69. The maximum atomic E-state index is 12.6. The number of rotatable bonds is 4. The molecule has 4 rings (SSSR count). The van der Waals surface area contributed by atoms with E-state index in [2.05, 4.69) is 15.6 Å². The van der Waals surface area contributed by atoms with E-state index in [4.69, 9.17) is 17.0 Å². The zero-order valence-corrected chi connectivity index (χ0v) is 17.3. The fourth-order valence-corrected chi connectivity index (χ4v) is 4.24. The molecule has 0 saturated carbocycles. The predicted octanol–water partition coefficient (Wildman–Crippen LogP) is 3.17. The molecule has 1 amide bonds. The Balaban J connectivity index is 1.47. The quantitative estimate of drug-likeness (QED) is 0.360. The first kappa shape index (κ1) is 20.1. The van der Waals surface area contributed by atoms with Gasteiger partial charge in [-0.25, -0.2) is 4.98 Å². The minimum Gasteiger partial charge on any atom is -0.378 e. The lowest BCUT2D eigenvalue weighted by Crippen LogP contribution is -2.37. The fourth-order valence-electron chi connectivity index (χ4n) is 3.11. The highest BCUT2D eigenvalue weighted by molar-refractivity contribution is 7.80. The summed E-state index contributed by atoms with van der Waals surface area (Å²) in [5, 5.41) is 17.6. The molecule has 0 spiro atoms. The Morgan fingerprint density at radius 3 is 2.73 bits per heavy atom. The monoisotopic (exact) mass is 443 g/mol. The van der Waals surface area contributed by atoms with Crippen molar-refractivity contribution in [3.63, 3.8) is 0 Å². The first-order chi connectivity index (χ1) is 14.5. The van der Waals surface area contributed by atoms with Gasteiger partial charge in [0.2, 0.25) is 0 Å². The number of nitrogens with one attached hydrogen (secondary N) is 2. The van der Waals surface area contributed by atoms with E-state index in [1.807, 2.05) is 29.2 Å². The number of nitro groups is 1. The number of benzene rings is 2. The number of morpholine rings is 1. The molecule has 2 heterocycles. The lowest BCUT2D eigenvalue weighted by Gasteiger charge is -2.28. The molecule has 0 aliphatic carbocycles. The molecule has 1 aliphatic rings. The molecule has 2 N–H and O–H groups in total. The van der Waals surface area contributed by atoms with E-state index in [1.54, 1.807) is 12.1 Å². The van der Waals surface area contributed by atoms with Crippen LogP contribution in [-0.4, -0.2) is 47.2 Å². The number of carbonyl (C=O) groups is 1. The van der Waals surface area contributed by atoms with Gasteiger partial charge in [-0.05, 0) is 36.5 Å². The summed E-state index contributed by atoms with van der Waals surface area (Å²) in [7, 11) is 0. The van der Waals surface area contributed by atoms with E-state index in [1.165, 1.54) is 17.4 Å². The van der Waals surface area contributed by atoms with Crippen LogP contribution < -0.4 is 15.5 Å². The Morgan fingerprint density at radius 1 is 1.23 bits per heavy atom. The summed E-state index contributed by atoms with van der Waals surface area (Å²) in [5.74, 6) is -0.537. The molecule has 1 aliphatic heterocycles. The molecule has 30 heavy (non-hydrogen) atoms. The van der Waals surface area contributed by atoms with Gasteiger partial charge in [0.15, 0.2) is 10.2 Å². The molecular weight excluding hydrogens is 426 g/mol. The number of hydrogen-bond acceptors (Lipinski definition) is 8. The van der Waals surface area contributed by atoms with Crippen molar-refractivity contribution in [1.29, 1.82) is 0 Å². The summed E-state index contributed by atoms with van der Waals surface area (Å²) in [4.78, 5) is 29.9. The number of aromatic nitrogens is 1. The molecule has 0 atom stereocenters. The second-order valence-corrected chi connectivity index (χ2v) is 7.89. The van der Waals surface area contributed by atoms with Gasteiger partial charge in [0, 0.05) is 24.7 Å². The van der Waals surface area contributed by atoms with E-state index in [-0.39, 0.29) is 16.4 Å². The zero-order chi connectivity index (χ0) is 21.1. The minimum atomic E-state index is -0.537. The fraction of sp³-hybridized carbons (Fsp3) is 0.211. The lowest BCUT2D eigenvalue weighted by atomic mass is 10.1. The van der Waals surface area contributed by atoms with Crippen molar-refractivity contribution in [2.24, 2.45) is 0 Å². The van der Waals surface area contributed by atoms with Gasteiger partial charge in [-0.3, -0.25) is 20.2 Å². The number of ether oxygens (including phenoxy) is 1. The van der Waals surface area contributed by atoms with Crippen molar-refractivity contribution in [2.45, 2.75) is 0 Å². The predicted molar refractivity (Wildman–Crippen MR) is 119 cm³/mol. The smallest absolute Gasteiger partial charge is 0.293 e. The minimum absolute atomic E-state index is 0.0685. The van der Waals surface area contributed by atoms with Crippen LogP contribution in [0.1, 0.15) is 10.4 Å². The normalized spacial score (nSPS) is 13.8. The van der Waals surface area contributed by atoms with Crippen LogP contribution in [0.5, 0.6) is 0 Å². The van der Waals surface area contributed by atoms with Gasteiger partial charge in [0.25, 0.3) is 11.6 Å². The van der Waals surface area contributed by atoms with Crippen LogP contribution in [0.4, 0.5) is 16.5 Å². The maximum Gasteiger partial charge on any atom is 0.293 e. The van der Waals surface area contributed by atoms with E-state index < -0.39 is 10.8 Å². The van der Waals surface area contributed by atoms with Crippen molar-refractivity contribution >= 4 is 61.3 Å². The molecule has 1 aromatic heterocycles. The Hall–Kier alpha value is -3.15. The Kier molecular flexibility index (Phi) is 5.84. The summed E-state index contributed by atoms with van der Waals surface area (Å²) in [6.45, 7) is 2.13. The Labute approximate surface area is 180 Å². The van der Waals surface area contributed by atoms with Gasteiger partial charge in [-0.2, -0.15) is 0 Å². The third-order valence-electron chi connectivity index (χ3n) is 4.53. The largest absolute Gasteiger partial charge is 0.378 e. The number of amides is 1. The zero-order valence-electron chi connectivity index (χ0n) is 15.7. The SMILES string of the molecule is O=C(NC(=S)Nc1nc2ccccc2s1)c1ccc(N2CCOCC2)c([N+](=O)[O-])c1. The summed E-state index contributed by atoms with van der Waals surface area (Å²) < 4.78 is 6.28. The Bertz CT molecular complexity index is 1090. The summed E-state index contributed by atoms with van der Waals surface area (Å²) in [6.07, 6.45) is 0. The number of carbonyl (C=O) groups excluding carboxylic acids is 1. The molecule has 1 saturated heterocycles. The van der Waals surface area contributed by atoms with Crippen molar-refractivity contribution in [2.75, 3.05) is 36.5 Å². The number of hydrogen-bond donors (Lipinski definition) is 2. The molecule has 2 aromatic carbocycles. The topological polar surface area (TPSA) is 110 Å². The van der Waals surface area contributed by atoms with E-state index in [0.717, 1.165) is 10.2 Å². The van der Waals surface area contributed by atoms with Crippen LogP contribution >= 0.6 is 23.6 Å². The van der Waals surface area contributed by atoms with E-state index in [9.17, 15) is 14.9 Å². The number of fused-ring (bicyclic) bond motifs is 1. The second-order valence-electron chi connectivity index (χ2n) is 6.46. The van der Waals surface area contributed by atoms with Crippen molar-refractivity contribution in [3.8, 4) is 0 Å². The van der Waals surface area contributed by atoms with Crippen LogP contribution in [0, 0.1) is 10.1 Å². The molecule has 0 bridgehead atoms. The summed E-state index contributed by atoms with van der Waals surface area (Å²) in [6, 6.07) is 12.0. The summed E-state index contributed by atoms with van der Waals surface area (Å²) >= 11 is 6.60. The van der Waals surface area contributed by atoms with Crippen LogP contribution in [0.15, 0.2) is 42.5 Å². The summed E-state index contributed by atoms with van der Waals surface area (Å²) in [5.41, 5.74) is 1.31.